The zero-order chi connectivity index (χ0) is 26.6. The van der Waals surface area contributed by atoms with E-state index in [-0.39, 0.29) is 17.6 Å². The lowest BCUT2D eigenvalue weighted by molar-refractivity contribution is -0.388. The number of anilines is 2. The van der Waals surface area contributed by atoms with E-state index in [1.807, 2.05) is 12.1 Å². The summed E-state index contributed by atoms with van der Waals surface area (Å²) in [6.45, 7) is 4.98. The number of piperazine rings is 1. The molecule has 200 valence electrons. The van der Waals surface area contributed by atoms with Gasteiger partial charge in [0.15, 0.2) is 0 Å². The summed E-state index contributed by atoms with van der Waals surface area (Å²) in [6.07, 6.45) is -1.62. The first kappa shape index (κ1) is 26.9. The van der Waals surface area contributed by atoms with Crippen molar-refractivity contribution < 1.29 is 22.9 Å². The maximum absolute atomic E-state index is 13.2. The number of hydrogen-bond acceptors (Lipinski definition) is 7. The van der Waals surface area contributed by atoms with E-state index in [0.29, 0.717) is 43.9 Å². The van der Waals surface area contributed by atoms with Crippen LogP contribution in [0.3, 0.4) is 0 Å². The number of amides is 1. The largest absolute Gasteiger partial charge is 0.423 e. The molecule has 9 nitrogen and oxygen atoms in total. The number of likely N-dealkylation sites (tertiary alicyclic amines) is 1. The summed E-state index contributed by atoms with van der Waals surface area (Å²) in [6, 6.07) is 6.53. The number of alkyl halides is 3. The Morgan fingerprint density at radius 3 is 2.41 bits per heavy atom. The van der Waals surface area contributed by atoms with Crippen molar-refractivity contribution in [2.75, 3.05) is 56.0 Å². The van der Waals surface area contributed by atoms with E-state index in [0.717, 1.165) is 44.1 Å². The average Bonchev–Trinajstić information content (AvgIpc) is 2.88. The van der Waals surface area contributed by atoms with Gasteiger partial charge >= 0.3 is 6.18 Å². The molecular formula is C24H28ClF3N6O3. The van der Waals surface area contributed by atoms with Gasteiger partial charge in [0, 0.05) is 76.2 Å². The van der Waals surface area contributed by atoms with E-state index in [2.05, 4.69) is 20.1 Å². The Balaban J connectivity index is 1.20. The Kier molecular flexibility index (Phi) is 8.38. The van der Waals surface area contributed by atoms with Gasteiger partial charge in [0.05, 0.1) is 9.95 Å². The third-order valence-corrected chi connectivity index (χ3v) is 6.99. The predicted molar refractivity (Wildman–Crippen MR) is 134 cm³/mol. The van der Waals surface area contributed by atoms with Crippen LogP contribution in [0.5, 0.6) is 0 Å². The Morgan fingerprint density at radius 2 is 1.81 bits per heavy atom. The van der Waals surface area contributed by atoms with E-state index in [1.54, 1.807) is 11.1 Å². The first-order valence-electron chi connectivity index (χ1n) is 12.1. The minimum Gasteiger partial charge on any atom is -0.382 e. The number of aromatic nitrogens is 1. The van der Waals surface area contributed by atoms with E-state index in [4.69, 9.17) is 11.6 Å². The lowest BCUT2D eigenvalue weighted by Gasteiger charge is -2.36. The van der Waals surface area contributed by atoms with Gasteiger partial charge in [0.1, 0.15) is 11.4 Å². The molecule has 4 rings (SSSR count). The van der Waals surface area contributed by atoms with Crippen LogP contribution in [0, 0.1) is 10.1 Å². The number of nitro benzene ring substituents is 1. The number of carbonyl (C=O) groups is 1. The van der Waals surface area contributed by atoms with Gasteiger partial charge in [-0.3, -0.25) is 19.8 Å². The molecule has 0 aliphatic carbocycles. The minimum absolute atomic E-state index is 0.0648. The number of nitrogens with zero attached hydrogens (tertiary/aromatic N) is 5. The summed E-state index contributed by atoms with van der Waals surface area (Å²) < 4.78 is 39.7. The molecule has 0 spiro atoms. The smallest absolute Gasteiger partial charge is 0.382 e. The molecule has 1 aromatic heterocycles. The quantitative estimate of drug-likeness (QED) is 0.414. The summed E-state index contributed by atoms with van der Waals surface area (Å²) in [5.74, 6) is 0.954. The predicted octanol–water partition coefficient (Wildman–Crippen LogP) is 4.28. The van der Waals surface area contributed by atoms with Crippen LogP contribution < -0.4 is 10.2 Å². The third-order valence-electron chi connectivity index (χ3n) is 6.77. The second kappa shape index (κ2) is 11.5. The lowest BCUT2D eigenvalue weighted by atomic mass is 10.0. The fourth-order valence-corrected chi connectivity index (χ4v) is 4.80. The van der Waals surface area contributed by atoms with Crippen molar-refractivity contribution in [3.05, 3.63) is 57.2 Å². The number of rotatable bonds is 7. The van der Waals surface area contributed by atoms with Crippen molar-refractivity contribution in [1.82, 2.24) is 14.8 Å². The first-order valence-corrected chi connectivity index (χ1v) is 12.5. The zero-order valence-corrected chi connectivity index (χ0v) is 20.8. The first-order chi connectivity index (χ1) is 17.6. The zero-order valence-electron chi connectivity index (χ0n) is 20.1. The van der Waals surface area contributed by atoms with Crippen LogP contribution in [0.4, 0.5) is 30.4 Å². The molecule has 1 aromatic carbocycles. The fourth-order valence-electron chi connectivity index (χ4n) is 4.69. The van der Waals surface area contributed by atoms with Crippen molar-refractivity contribution in [3.8, 4) is 0 Å². The lowest BCUT2D eigenvalue weighted by Crippen LogP contribution is -2.48. The molecular weight excluding hydrogens is 513 g/mol. The molecule has 2 aliphatic heterocycles. The van der Waals surface area contributed by atoms with Crippen molar-refractivity contribution in [3.63, 3.8) is 0 Å². The normalized spacial score (nSPS) is 17.6. The molecule has 2 saturated heterocycles. The molecule has 37 heavy (non-hydrogen) atoms. The number of nitro groups is 1. The van der Waals surface area contributed by atoms with Crippen LogP contribution in [0.15, 0.2) is 36.5 Å². The van der Waals surface area contributed by atoms with Gasteiger partial charge in [-0.15, -0.1) is 0 Å². The second-order valence-corrected chi connectivity index (χ2v) is 9.64. The van der Waals surface area contributed by atoms with Crippen molar-refractivity contribution in [1.29, 1.82) is 0 Å². The fraction of sp³-hybridized carbons (Fsp3) is 0.500. The standard InChI is InChI=1S/C24H28ClF3N6O3/c25-17-1-4-22(29-16-17)32-13-11-31(12-14-32)8-7-23(35)33-9-5-18(6-10-33)30-19-2-3-21(34(36)37)20(15-19)24(26,27)28/h1-4,15-16,18,30H,5-14H2. The Morgan fingerprint density at radius 1 is 1.11 bits per heavy atom. The number of benzene rings is 1. The topological polar surface area (TPSA) is 94.9 Å². The van der Waals surface area contributed by atoms with Gasteiger partial charge in [0.2, 0.25) is 5.91 Å². The molecule has 0 bridgehead atoms. The highest BCUT2D eigenvalue weighted by Gasteiger charge is 2.38. The monoisotopic (exact) mass is 540 g/mol. The third kappa shape index (κ3) is 7.01. The molecule has 13 heteroatoms. The summed E-state index contributed by atoms with van der Waals surface area (Å²) in [7, 11) is 0. The SMILES string of the molecule is O=C(CCN1CCN(c2ccc(Cl)cn2)CC1)N1CCC(Nc2ccc([N+](=O)[O-])c(C(F)(F)F)c2)CC1. The molecule has 1 N–H and O–H groups in total. The summed E-state index contributed by atoms with van der Waals surface area (Å²) >= 11 is 5.90. The molecule has 1 amide bonds. The Bertz CT molecular complexity index is 1100. The number of pyridine rings is 1. The van der Waals surface area contributed by atoms with Crippen molar-refractivity contribution >= 4 is 34.7 Å². The van der Waals surface area contributed by atoms with Crippen LogP contribution in [-0.2, 0) is 11.0 Å². The molecule has 0 atom stereocenters. The minimum atomic E-state index is -4.82. The molecule has 0 saturated carbocycles. The highest BCUT2D eigenvalue weighted by atomic mass is 35.5. The molecule has 2 fully saturated rings. The number of nitrogens with one attached hydrogen (secondary N) is 1. The van der Waals surface area contributed by atoms with E-state index < -0.39 is 22.4 Å². The van der Waals surface area contributed by atoms with Crippen molar-refractivity contribution in [2.24, 2.45) is 0 Å². The number of halogens is 4. The highest BCUT2D eigenvalue weighted by molar-refractivity contribution is 6.30. The second-order valence-electron chi connectivity index (χ2n) is 9.20. The summed E-state index contributed by atoms with van der Waals surface area (Å²) in [5.41, 5.74) is -2.07. The molecule has 0 unspecified atom stereocenters. The van der Waals surface area contributed by atoms with E-state index >= 15 is 0 Å². The molecule has 2 aromatic rings. The van der Waals surface area contributed by atoms with Gasteiger partial charge < -0.3 is 15.1 Å². The average molecular weight is 541 g/mol. The summed E-state index contributed by atoms with van der Waals surface area (Å²) in [4.78, 5) is 33.2. The van der Waals surface area contributed by atoms with E-state index in [9.17, 15) is 28.1 Å². The highest BCUT2D eigenvalue weighted by Crippen LogP contribution is 2.38. The number of carbonyl (C=O) groups excluding carboxylic acids is 1. The van der Waals surface area contributed by atoms with Crippen LogP contribution >= 0.6 is 11.6 Å². The van der Waals surface area contributed by atoms with Crippen LogP contribution in [0.25, 0.3) is 0 Å². The maximum atomic E-state index is 13.2. The molecule has 2 aliphatic rings. The van der Waals surface area contributed by atoms with Gasteiger partial charge in [-0.05, 0) is 37.1 Å². The molecule has 3 heterocycles. The van der Waals surface area contributed by atoms with Gasteiger partial charge in [-0.2, -0.15) is 13.2 Å². The van der Waals surface area contributed by atoms with Crippen LogP contribution in [0.2, 0.25) is 5.02 Å². The van der Waals surface area contributed by atoms with Gasteiger partial charge in [-0.25, -0.2) is 4.98 Å². The van der Waals surface area contributed by atoms with Crippen LogP contribution in [-0.4, -0.2) is 77.5 Å². The van der Waals surface area contributed by atoms with Crippen LogP contribution in [0.1, 0.15) is 24.8 Å². The number of hydrogen-bond donors (Lipinski definition) is 1. The Hall–Kier alpha value is -3.12. The van der Waals surface area contributed by atoms with Gasteiger partial charge in [-0.1, -0.05) is 11.6 Å². The maximum Gasteiger partial charge on any atom is 0.423 e. The van der Waals surface area contributed by atoms with Gasteiger partial charge in [0.25, 0.3) is 5.69 Å². The van der Waals surface area contributed by atoms with E-state index in [1.165, 1.54) is 6.07 Å². The Labute approximate surface area is 217 Å². The summed E-state index contributed by atoms with van der Waals surface area (Å²) in [5, 5.41) is 14.6. The molecule has 0 radical (unpaired) electrons. The number of piperidine rings is 1. The van der Waals surface area contributed by atoms with Crippen molar-refractivity contribution in [2.45, 2.75) is 31.5 Å².